The minimum absolute atomic E-state index is 0.0291. The molecule has 88 valence electrons. The zero-order chi connectivity index (χ0) is 11.1. The highest BCUT2D eigenvalue weighted by atomic mass is 16.2. The van der Waals surface area contributed by atoms with Gasteiger partial charge in [-0.2, -0.15) is 0 Å². The molecule has 1 fully saturated rings. The SMILES string of the molecule is CN(C)C(=O)NCCNC1CCCNC1. The van der Waals surface area contributed by atoms with E-state index >= 15 is 0 Å². The van der Waals surface area contributed by atoms with Gasteiger partial charge < -0.3 is 20.9 Å². The van der Waals surface area contributed by atoms with Crippen LogP contribution < -0.4 is 16.0 Å². The number of nitrogens with zero attached hydrogens (tertiary/aromatic N) is 1. The maximum atomic E-state index is 11.2. The topological polar surface area (TPSA) is 56.4 Å². The van der Waals surface area contributed by atoms with Crippen molar-refractivity contribution in [3.8, 4) is 0 Å². The fourth-order valence-corrected chi connectivity index (χ4v) is 1.63. The third-order valence-corrected chi connectivity index (χ3v) is 2.54. The summed E-state index contributed by atoms with van der Waals surface area (Å²) in [6.45, 7) is 3.70. The summed E-state index contributed by atoms with van der Waals surface area (Å²) >= 11 is 0. The van der Waals surface area contributed by atoms with Gasteiger partial charge in [0.15, 0.2) is 0 Å². The Kier molecular flexibility index (Phi) is 5.42. The fraction of sp³-hybridized carbons (Fsp3) is 0.900. The van der Waals surface area contributed by atoms with E-state index in [4.69, 9.17) is 0 Å². The van der Waals surface area contributed by atoms with E-state index < -0.39 is 0 Å². The normalized spacial score (nSPS) is 21.1. The molecule has 0 bridgehead atoms. The van der Waals surface area contributed by atoms with Gasteiger partial charge in [-0.05, 0) is 19.4 Å². The van der Waals surface area contributed by atoms with Gasteiger partial charge in [-0.15, -0.1) is 0 Å². The molecular formula is C10H22N4O. The first kappa shape index (κ1) is 12.3. The Bertz CT molecular complexity index is 190. The fourth-order valence-electron chi connectivity index (χ4n) is 1.63. The van der Waals surface area contributed by atoms with Crippen molar-refractivity contribution in [1.82, 2.24) is 20.9 Å². The molecule has 0 aromatic carbocycles. The van der Waals surface area contributed by atoms with Gasteiger partial charge in [0.1, 0.15) is 0 Å². The third-order valence-electron chi connectivity index (χ3n) is 2.54. The molecule has 0 aromatic rings. The number of nitrogens with one attached hydrogen (secondary N) is 3. The summed E-state index contributed by atoms with van der Waals surface area (Å²) in [5.41, 5.74) is 0. The molecule has 3 N–H and O–H groups in total. The highest BCUT2D eigenvalue weighted by molar-refractivity contribution is 5.73. The van der Waals surface area contributed by atoms with E-state index in [-0.39, 0.29) is 6.03 Å². The van der Waals surface area contributed by atoms with Crippen molar-refractivity contribution in [2.45, 2.75) is 18.9 Å². The van der Waals surface area contributed by atoms with Gasteiger partial charge in [-0.25, -0.2) is 4.79 Å². The van der Waals surface area contributed by atoms with Gasteiger partial charge in [-0.1, -0.05) is 0 Å². The first-order valence-corrected chi connectivity index (χ1v) is 5.59. The molecule has 0 saturated carbocycles. The quantitative estimate of drug-likeness (QED) is 0.558. The molecule has 1 saturated heterocycles. The van der Waals surface area contributed by atoms with Crippen LogP contribution in [0.2, 0.25) is 0 Å². The van der Waals surface area contributed by atoms with Crippen LogP contribution in [-0.2, 0) is 0 Å². The van der Waals surface area contributed by atoms with E-state index in [1.165, 1.54) is 12.8 Å². The van der Waals surface area contributed by atoms with Crippen LogP contribution in [-0.4, -0.2) is 57.2 Å². The van der Waals surface area contributed by atoms with Gasteiger partial charge >= 0.3 is 6.03 Å². The highest BCUT2D eigenvalue weighted by Gasteiger charge is 2.11. The van der Waals surface area contributed by atoms with Crippen LogP contribution in [0.3, 0.4) is 0 Å². The van der Waals surface area contributed by atoms with Crippen LogP contribution in [0.15, 0.2) is 0 Å². The van der Waals surface area contributed by atoms with E-state index in [0.29, 0.717) is 12.6 Å². The predicted molar refractivity (Wildman–Crippen MR) is 61.0 cm³/mol. The molecular weight excluding hydrogens is 192 g/mol. The smallest absolute Gasteiger partial charge is 0.316 e. The number of rotatable bonds is 4. The summed E-state index contributed by atoms with van der Waals surface area (Å²) in [6, 6.07) is 0.536. The number of piperidine rings is 1. The zero-order valence-electron chi connectivity index (χ0n) is 9.68. The average Bonchev–Trinajstić information content (AvgIpc) is 2.25. The van der Waals surface area contributed by atoms with Gasteiger partial charge in [0, 0.05) is 39.8 Å². The summed E-state index contributed by atoms with van der Waals surface area (Å²) in [5, 5.41) is 9.59. The molecule has 0 aliphatic carbocycles. The second-order valence-electron chi connectivity index (χ2n) is 4.12. The molecule has 1 atom stereocenters. The summed E-state index contributed by atoms with van der Waals surface area (Å²) in [4.78, 5) is 12.7. The van der Waals surface area contributed by atoms with Crippen LogP contribution >= 0.6 is 0 Å². The van der Waals surface area contributed by atoms with Crippen molar-refractivity contribution in [3.63, 3.8) is 0 Å². The Hall–Kier alpha value is -0.810. The molecule has 1 rings (SSSR count). The van der Waals surface area contributed by atoms with Crippen LogP contribution in [0.5, 0.6) is 0 Å². The zero-order valence-corrected chi connectivity index (χ0v) is 9.68. The van der Waals surface area contributed by atoms with E-state index in [9.17, 15) is 4.79 Å². The van der Waals surface area contributed by atoms with Gasteiger partial charge in [0.25, 0.3) is 0 Å². The molecule has 2 amide bonds. The number of urea groups is 1. The summed E-state index contributed by atoms with van der Waals surface area (Å²) < 4.78 is 0. The van der Waals surface area contributed by atoms with Crippen molar-refractivity contribution >= 4 is 6.03 Å². The highest BCUT2D eigenvalue weighted by Crippen LogP contribution is 1.99. The van der Waals surface area contributed by atoms with Crippen molar-refractivity contribution in [2.75, 3.05) is 40.3 Å². The lowest BCUT2D eigenvalue weighted by Crippen LogP contribution is -2.46. The second kappa shape index (κ2) is 6.63. The molecule has 0 aromatic heterocycles. The Balaban J connectivity index is 1.98. The Morgan fingerprint density at radius 1 is 1.47 bits per heavy atom. The molecule has 0 radical (unpaired) electrons. The van der Waals surface area contributed by atoms with Gasteiger partial charge in [0.2, 0.25) is 0 Å². The van der Waals surface area contributed by atoms with Gasteiger partial charge in [0.05, 0.1) is 0 Å². The van der Waals surface area contributed by atoms with E-state index in [0.717, 1.165) is 19.6 Å². The molecule has 1 unspecified atom stereocenters. The Labute approximate surface area is 91.6 Å². The van der Waals surface area contributed by atoms with E-state index in [1.54, 1.807) is 19.0 Å². The average molecular weight is 214 g/mol. The van der Waals surface area contributed by atoms with Crippen LogP contribution in [0, 0.1) is 0 Å². The number of carbonyl (C=O) groups excluding carboxylic acids is 1. The lowest BCUT2D eigenvalue weighted by molar-refractivity contribution is 0.217. The lowest BCUT2D eigenvalue weighted by Gasteiger charge is -2.24. The third kappa shape index (κ3) is 4.99. The van der Waals surface area contributed by atoms with Crippen LogP contribution in [0.4, 0.5) is 4.79 Å². The largest absolute Gasteiger partial charge is 0.337 e. The Morgan fingerprint density at radius 2 is 2.27 bits per heavy atom. The molecule has 5 nitrogen and oxygen atoms in total. The second-order valence-corrected chi connectivity index (χ2v) is 4.12. The molecule has 1 aliphatic heterocycles. The molecule has 0 spiro atoms. The number of hydrogen-bond donors (Lipinski definition) is 3. The number of carbonyl (C=O) groups is 1. The maximum Gasteiger partial charge on any atom is 0.316 e. The summed E-state index contributed by atoms with van der Waals surface area (Å²) in [7, 11) is 3.49. The van der Waals surface area contributed by atoms with Crippen LogP contribution in [0.1, 0.15) is 12.8 Å². The first-order valence-electron chi connectivity index (χ1n) is 5.59. The Morgan fingerprint density at radius 3 is 2.87 bits per heavy atom. The van der Waals surface area contributed by atoms with Crippen molar-refractivity contribution < 1.29 is 4.79 Å². The number of amides is 2. The number of hydrogen-bond acceptors (Lipinski definition) is 3. The molecule has 15 heavy (non-hydrogen) atoms. The first-order chi connectivity index (χ1) is 7.20. The minimum Gasteiger partial charge on any atom is -0.337 e. The monoisotopic (exact) mass is 214 g/mol. The molecule has 5 heteroatoms. The van der Waals surface area contributed by atoms with E-state index in [2.05, 4.69) is 16.0 Å². The van der Waals surface area contributed by atoms with E-state index in [1.807, 2.05) is 0 Å². The van der Waals surface area contributed by atoms with Crippen molar-refractivity contribution in [3.05, 3.63) is 0 Å². The van der Waals surface area contributed by atoms with Gasteiger partial charge in [-0.3, -0.25) is 0 Å². The van der Waals surface area contributed by atoms with Crippen molar-refractivity contribution in [1.29, 1.82) is 0 Å². The summed E-state index contributed by atoms with van der Waals surface area (Å²) in [6.07, 6.45) is 2.47. The lowest BCUT2D eigenvalue weighted by atomic mass is 10.1. The standard InChI is InChI=1S/C10H22N4O/c1-14(2)10(15)13-7-6-12-9-4-3-5-11-8-9/h9,11-12H,3-8H2,1-2H3,(H,13,15). The maximum absolute atomic E-state index is 11.2. The molecule has 1 heterocycles. The van der Waals surface area contributed by atoms with Crippen LogP contribution in [0.25, 0.3) is 0 Å². The summed E-state index contributed by atoms with van der Waals surface area (Å²) in [5.74, 6) is 0. The predicted octanol–water partition coefficient (Wildman–Crippen LogP) is -0.401. The minimum atomic E-state index is -0.0291. The molecule has 1 aliphatic rings. The van der Waals surface area contributed by atoms with Crippen molar-refractivity contribution in [2.24, 2.45) is 0 Å².